The van der Waals surface area contributed by atoms with Crippen molar-refractivity contribution in [1.82, 2.24) is 5.32 Å². The molecule has 1 aliphatic rings. The third-order valence-electron chi connectivity index (χ3n) is 3.37. The van der Waals surface area contributed by atoms with Crippen LogP contribution in [0.15, 0.2) is 18.2 Å². The molecule has 0 aromatic heterocycles. The molecule has 0 aliphatic heterocycles. The van der Waals surface area contributed by atoms with E-state index < -0.39 is 0 Å². The molecule has 2 rings (SSSR count). The highest BCUT2D eigenvalue weighted by Crippen LogP contribution is 2.18. The molecule has 1 aromatic rings. The second-order valence-electron chi connectivity index (χ2n) is 4.87. The minimum absolute atomic E-state index is 0.0474. The summed E-state index contributed by atoms with van der Waals surface area (Å²) < 4.78 is 1.19. The first kappa shape index (κ1) is 13.8. The van der Waals surface area contributed by atoms with E-state index in [-0.39, 0.29) is 5.91 Å². The number of carbonyl (C=O) groups excluding carboxylic acids is 1. The van der Waals surface area contributed by atoms with E-state index in [2.05, 4.69) is 39.3 Å². The Morgan fingerprint density at radius 2 is 2.11 bits per heavy atom. The number of benzene rings is 1. The van der Waals surface area contributed by atoms with Gasteiger partial charge in [0.15, 0.2) is 0 Å². The Bertz CT molecular complexity index is 428. The maximum Gasteiger partial charge on any atom is 0.238 e. The number of amides is 1. The van der Waals surface area contributed by atoms with Gasteiger partial charge in [-0.15, -0.1) is 0 Å². The smallest absolute Gasteiger partial charge is 0.238 e. The van der Waals surface area contributed by atoms with Gasteiger partial charge in [0.25, 0.3) is 0 Å². The first-order valence-corrected chi connectivity index (χ1v) is 7.52. The van der Waals surface area contributed by atoms with Crippen molar-refractivity contribution in [3.63, 3.8) is 0 Å². The van der Waals surface area contributed by atoms with Crippen LogP contribution in [0.1, 0.15) is 31.2 Å². The molecule has 2 N–H and O–H groups in total. The van der Waals surface area contributed by atoms with Gasteiger partial charge in [-0.3, -0.25) is 4.79 Å². The van der Waals surface area contributed by atoms with Crippen molar-refractivity contribution in [2.75, 3.05) is 11.9 Å². The lowest BCUT2D eigenvalue weighted by atomic mass is 10.2. The summed E-state index contributed by atoms with van der Waals surface area (Å²) in [4.78, 5) is 11.8. The summed E-state index contributed by atoms with van der Waals surface area (Å²) in [6.07, 6.45) is 4.98. The van der Waals surface area contributed by atoms with Gasteiger partial charge < -0.3 is 10.6 Å². The maximum atomic E-state index is 11.8. The first-order valence-electron chi connectivity index (χ1n) is 6.44. The lowest BCUT2D eigenvalue weighted by molar-refractivity contribution is -0.115. The molecule has 1 amide bonds. The van der Waals surface area contributed by atoms with Crippen molar-refractivity contribution < 1.29 is 4.79 Å². The third-order valence-corrected chi connectivity index (χ3v) is 4.04. The van der Waals surface area contributed by atoms with Crippen molar-refractivity contribution in [2.45, 2.75) is 38.6 Å². The zero-order valence-corrected chi connectivity index (χ0v) is 12.8. The van der Waals surface area contributed by atoms with Crippen LogP contribution in [0, 0.1) is 10.5 Å². The van der Waals surface area contributed by atoms with Crippen molar-refractivity contribution in [1.29, 1.82) is 0 Å². The van der Waals surface area contributed by atoms with E-state index in [1.54, 1.807) is 0 Å². The van der Waals surface area contributed by atoms with Gasteiger partial charge in [0.05, 0.1) is 6.54 Å². The third kappa shape index (κ3) is 3.95. The molecule has 0 saturated heterocycles. The monoisotopic (exact) mass is 358 g/mol. The van der Waals surface area contributed by atoms with Gasteiger partial charge >= 0.3 is 0 Å². The summed E-state index contributed by atoms with van der Waals surface area (Å²) in [5, 5.41) is 6.28. The van der Waals surface area contributed by atoms with Gasteiger partial charge in [0.1, 0.15) is 0 Å². The fourth-order valence-corrected chi connectivity index (χ4v) is 2.98. The number of halogens is 1. The molecule has 1 fully saturated rings. The average molecular weight is 358 g/mol. The molecule has 98 valence electrons. The molecule has 1 saturated carbocycles. The maximum absolute atomic E-state index is 11.8. The minimum atomic E-state index is 0.0474. The average Bonchev–Trinajstić information content (AvgIpc) is 2.83. The molecule has 0 radical (unpaired) electrons. The van der Waals surface area contributed by atoms with Gasteiger partial charge in [0, 0.05) is 15.3 Å². The molecule has 0 spiro atoms. The van der Waals surface area contributed by atoms with Crippen LogP contribution in [-0.2, 0) is 4.79 Å². The first-order chi connectivity index (χ1) is 8.65. The van der Waals surface area contributed by atoms with E-state index in [9.17, 15) is 4.79 Å². The van der Waals surface area contributed by atoms with Crippen LogP contribution >= 0.6 is 22.6 Å². The fraction of sp³-hybridized carbons (Fsp3) is 0.500. The summed E-state index contributed by atoms with van der Waals surface area (Å²) in [5.74, 6) is 0.0474. The predicted molar refractivity (Wildman–Crippen MR) is 82.8 cm³/mol. The lowest BCUT2D eigenvalue weighted by Crippen LogP contribution is -2.34. The van der Waals surface area contributed by atoms with E-state index >= 15 is 0 Å². The Kier molecular flexibility index (Phi) is 5.00. The highest BCUT2D eigenvalue weighted by atomic mass is 127. The summed E-state index contributed by atoms with van der Waals surface area (Å²) in [6.45, 7) is 2.43. The standard InChI is InChI=1S/C14H19IN2O/c1-10-8-11(15)6-7-13(10)17-14(18)9-16-12-4-2-3-5-12/h6-8,12,16H,2-5,9H2,1H3,(H,17,18). The molecule has 0 unspecified atom stereocenters. The van der Waals surface area contributed by atoms with Crippen LogP contribution < -0.4 is 10.6 Å². The summed E-state index contributed by atoms with van der Waals surface area (Å²) in [5.41, 5.74) is 2.02. The summed E-state index contributed by atoms with van der Waals surface area (Å²) in [7, 11) is 0. The SMILES string of the molecule is Cc1cc(I)ccc1NC(=O)CNC1CCCC1. The zero-order chi connectivity index (χ0) is 13.0. The van der Waals surface area contributed by atoms with Gasteiger partial charge in [-0.2, -0.15) is 0 Å². The Balaban J connectivity index is 1.82. The molecule has 4 heteroatoms. The van der Waals surface area contributed by atoms with Crippen LogP contribution in [0.25, 0.3) is 0 Å². The Morgan fingerprint density at radius 3 is 2.78 bits per heavy atom. The van der Waals surface area contributed by atoms with Crippen molar-refractivity contribution in [3.8, 4) is 0 Å². The predicted octanol–water partition coefficient (Wildman–Crippen LogP) is 3.07. The van der Waals surface area contributed by atoms with E-state index in [1.165, 1.54) is 29.3 Å². The van der Waals surface area contributed by atoms with E-state index in [0.29, 0.717) is 12.6 Å². The van der Waals surface area contributed by atoms with E-state index in [1.807, 2.05) is 19.1 Å². The molecule has 1 aliphatic carbocycles. The topological polar surface area (TPSA) is 41.1 Å². The Morgan fingerprint density at radius 1 is 1.39 bits per heavy atom. The number of carbonyl (C=O) groups is 1. The normalized spacial score (nSPS) is 15.9. The molecule has 0 bridgehead atoms. The molecule has 0 atom stereocenters. The van der Waals surface area contributed by atoms with Crippen LogP contribution in [0.2, 0.25) is 0 Å². The van der Waals surface area contributed by atoms with Gasteiger partial charge in [-0.1, -0.05) is 12.8 Å². The molecule has 3 nitrogen and oxygen atoms in total. The quantitative estimate of drug-likeness (QED) is 0.813. The van der Waals surface area contributed by atoms with Gasteiger partial charge in [0.2, 0.25) is 5.91 Å². The number of rotatable bonds is 4. The highest BCUT2D eigenvalue weighted by Gasteiger charge is 2.15. The second kappa shape index (κ2) is 6.52. The fourth-order valence-electron chi connectivity index (χ4n) is 2.33. The van der Waals surface area contributed by atoms with Crippen molar-refractivity contribution in [3.05, 3.63) is 27.3 Å². The van der Waals surface area contributed by atoms with Gasteiger partial charge in [-0.25, -0.2) is 0 Å². The summed E-state index contributed by atoms with van der Waals surface area (Å²) >= 11 is 2.27. The van der Waals surface area contributed by atoms with Crippen LogP contribution in [0.5, 0.6) is 0 Å². The molecular weight excluding hydrogens is 339 g/mol. The van der Waals surface area contributed by atoms with Gasteiger partial charge in [-0.05, 0) is 66.1 Å². The number of anilines is 1. The zero-order valence-electron chi connectivity index (χ0n) is 10.6. The number of hydrogen-bond acceptors (Lipinski definition) is 2. The number of hydrogen-bond donors (Lipinski definition) is 2. The molecule has 18 heavy (non-hydrogen) atoms. The molecule has 0 heterocycles. The van der Waals surface area contributed by atoms with Crippen molar-refractivity contribution >= 4 is 34.2 Å². The van der Waals surface area contributed by atoms with E-state index in [4.69, 9.17) is 0 Å². The minimum Gasteiger partial charge on any atom is -0.325 e. The Hall–Kier alpha value is -0.620. The largest absolute Gasteiger partial charge is 0.325 e. The second-order valence-corrected chi connectivity index (χ2v) is 6.12. The van der Waals surface area contributed by atoms with Crippen molar-refractivity contribution in [2.24, 2.45) is 0 Å². The lowest BCUT2D eigenvalue weighted by Gasteiger charge is -2.13. The van der Waals surface area contributed by atoms with Crippen LogP contribution in [-0.4, -0.2) is 18.5 Å². The number of nitrogens with one attached hydrogen (secondary N) is 2. The Labute approximate surface area is 122 Å². The highest BCUT2D eigenvalue weighted by molar-refractivity contribution is 14.1. The molecule has 1 aromatic carbocycles. The van der Waals surface area contributed by atoms with Crippen LogP contribution in [0.3, 0.4) is 0 Å². The van der Waals surface area contributed by atoms with Crippen LogP contribution in [0.4, 0.5) is 5.69 Å². The summed E-state index contributed by atoms with van der Waals surface area (Å²) in [6, 6.07) is 6.58. The van der Waals surface area contributed by atoms with E-state index in [0.717, 1.165) is 11.3 Å². The number of aryl methyl sites for hydroxylation is 1. The molecular formula is C14H19IN2O.